The SMILES string of the molecule is COCC(C)CN(C)CC(=O)O. The summed E-state index contributed by atoms with van der Waals surface area (Å²) in [6.07, 6.45) is 0. The van der Waals surface area contributed by atoms with E-state index in [2.05, 4.69) is 0 Å². The number of methoxy groups -OCH3 is 1. The first-order chi connectivity index (χ1) is 5.56. The molecule has 0 aromatic rings. The minimum Gasteiger partial charge on any atom is -0.480 e. The third-order valence-corrected chi connectivity index (χ3v) is 1.48. The van der Waals surface area contributed by atoms with Crippen LogP contribution >= 0.6 is 0 Å². The van der Waals surface area contributed by atoms with E-state index in [0.717, 1.165) is 6.54 Å². The Balaban J connectivity index is 3.53. The molecule has 4 heteroatoms. The molecule has 0 bridgehead atoms. The molecule has 4 nitrogen and oxygen atoms in total. The van der Waals surface area contributed by atoms with Gasteiger partial charge in [0.15, 0.2) is 0 Å². The van der Waals surface area contributed by atoms with Crippen LogP contribution in [0.25, 0.3) is 0 Å². The van der Waals surface area contributed by atoms with Crippen LogP contribution < -0.4 is 0 Å². The summed E-state index contributed by atoms with van der Waals surface area (Å²) >= 11 is 0. The number of rotatable bonds is 6. The maximum absolute atomic E-state index is 10.3. The number of hydrogen-bond donors (Lipinski definition) is 1. The van der Waals surface area contributed by atoms with Crippen molar-refractivity contribution in [3.05, 3.63) is 0 Å². The van der Waals surface area contributed by atoms with Crippen molar-refractivity contribution in [1.29, 1.82) is 0 Å². The molecule has 0 rings (SSSR count). The van der Waals surface area contributed by atoms with E-state index in [1.54, 1.807) is 19.1 Å². The first-order valence-corrected chi connectivity index (χ1v) is 3.95. The average molecular weight is 175 g/mol. The van der Waals surface area contributed by atoms with Gasteiger partial charge in [-0.05, 0) is 13.0 Å². The maximum Gasteiger partial charge on any atom is 0.317 e. The van der Waals surface area contributed by atoms with Gasteiger partial charge in [-0.2, -0.15) is 0 Å². The van der Waals surface area contributed by atoms with Gasteiger partial charge in [0.25, 0.3) is 0 Å². The molecule has 12 heavy (non-hydrogen) atoms. The van der Waals surface area contributed by atoms with E-state index in [1.807, 2.05) is 6.92 Å². The number of ether oxygens (including phenoxy) is 1. The zero-order valence-electron chi connectivity index (χ0n) is 7.91. The molecule has 0 aromatic heterocycles. The molecular weight excluding hydrogens is 158 g/mol. The Bertz CT molecular complexity index is 138. The van der Waals surface area contributed by atoms with Gasteiger partial charge in [-0.3, -0.25) is 9.69 Å². The van der Waals surface area contributed by atoms with Crippen LogP contribution in [0.2, 0.25) is 0 Å². The average Bonchev–Trinajstić information content (AvgIpc) is 1.84. The highest BCUT2D eigenvalue weighted by Crippen LogP contribution is 1.97. The molecule has 0 aliphatic carbocycles. The van der Waals surface area contributed by atoms with Gasteiger partial charge in [-0.25, -0.2) is 0 Å². The Morgan fingerprint density at radius 1 is 1.67 bits per heavy atom. The molecule has 0 amide bonds. The number of likely N-dealkylation sites (N-methyl/N-ethyl adjacent to an activating group) is 1. The first-order valence-electron chi connectivity index (χ1n) is 3.95. The summed E-state index contributed by atoms with van der Waals surface area (Å²) in [5, 5.41) is 8.45. The minimum absolute atomic E-state index is 0.0913. The third kappa shape index (κ3) is 6.12. The Kier molecular flexibility index (Phi) is 5.66. The van der Waals surface area contributed by atoms with E-state index in [1.165, 1.54) is 0 Å². The monoisotopic (exact) mass is 175 g/mol. The van der Waals surface area contributed by atoms with Gasteiger partial charge in [0, 0.05) is 20.3 Å². The predicted octanol–water partition coefficient (Wildman–Crippen LogP) is 0.285. The lowest BCUT2D eigenvalue weighted by molar-refractivity contribution is -0.138. The molecule has 0 fully saturated rings. The fourth-order valence-electron chi connectivity index (χ4n) is 1.16. The number of aliphatic carboxylic acids is 1. The standard InChI is InChI=1S/C8H17NO3/c1-7(6-12-3)4-9(2)5-8(10)11/h7H,4-6H2,1-3H3,(H,10,11). The molecule has 72 valence electrons. The van der Waals surface area contributed by atoms with Crippen LogP contribution in [0.5, 0.6) is 0 Å². The number of carboxylic acids is 1. The van der Waals surface area contributed by atoms with Gasteiger partial charge in [0.2, 0.25) is 0 Å². The van der Waals surface area contributed by atoms with E-state index in [4.69, 9.17) is 9.84 Å². The fraction of sp³-hybridized carbons (Fsp3) is 0.875. The van der Waals surface area contributed by atoms with E-state index in [0.29, 0.717) is 12.5 Å². The summed E-state index contributed by atoms with van der Waals surface area (Å²) in [4.78, 5) is 12.0. The van der Waals surface area contributed by atoms with Crippen LogP contribution in [0.1, 0.15) is 6.92 Å². The molecule has 0 saturated heterocycles. The highest BCUT2D eigenvalue weighted by molar-refractivity contribution is 5.68. The van der Waals surface area contributed by atoms with Crippen LogP contribution in [0.3, 0.4) is 0 Å². The highest BCUT2D eigenvalue weighted by Gasteiger charge is 2.08. The highest BCUT2D eigenvalue weighted by atomic mass is 16.5. The lowest BCUT2D eigenvalue weighted by Gasteiger charge is -2.18. The summed E-state index contributed by atoms with van der Waals surface area (Å²) in [6, 6.07) is 0. The zero-order valence-corrected chi connectivity index (χ0v) is 7.91. The third-order valence-electron chi connectivity index (χ3n) is 1.48. The van der Waals surface area contributed by atoms with Crippen LogP contribution in [-0.2, 0) is 9.53 Å². The minimum atomic E-state index is -0.790. The van der Waals surface area contributed by atoms with E-state index in [9.17, 15) is 4.79 Å². The van der Waals surface area contributed by atoms with Gasteiger partial charge in [0.1, 0.15) is 0 Å². The molecule has 1 N–H and O–H groups in total. The lowest BCUT2D eigenvalue weighted by Crippen LogP contribution is -2.31. The lowest BCUT2D eigenvalue weighted by atomic mass is 10.2. The Morgan fingerprint density at radius 2 is 2.25 bits per heavy atom. The molecule has 0 spiro atoms. The van der Waals surface area contributed by atoms with Crippen molar-refractivity contribution in [2.24, 2.45) is 5.92 Å². The van der Waals surface area contributed by atoms with Gasteiger partial charge in [-0.15, -0.1) is 0 Å². The van der Waals surface area contributed by atoms with Crippen molar-refractivity contribution >= 4 is 5.97 Å². The summed E-state index contributed by atoms with van der Waals surface area (Å²) in [5.74, 6) is -0.415. The van der Waals surface area contributed by atoms with Crippen molar-refractivity contribution in [3.8, 4) is 0 Å². The number of carbonyl (C=O) groups is 1. The molecule has 0 aromatic carbocycles. The van der Waals surface area contributed by atoms with E-state index < -0.39 is 5.97 Å². The first kappa shape index (κ1) is 11.4. The second kappa shape index (κ2) is 5.97. The molecule has 0 radical (unpaired) electrons. The van der Waals surface area contributed by atoms with Crippen LogP contribution in [0.15, 0.2) is 0 Å². The number of nitrogens with zero attached hydrogens (tertiary/aromatic N) is 1. The predicted molar refractivity (Wildman–Crippen MR) is 46.2 cm³/mol. The largest absolute Gasteiger partial charge is 0.480 e. The Labute approximate surface area is 73.1 Å². The fourth-order valence-corrected chi connectivity index (χ4v) is 1.16. The maximum atomic E-state index is 10.3. The van der Waals surface area contributed by atoms with Crippen molar-refractivity contribution < 1.29 is 14.6 Å². The van der Waals surface area contributed by atoms with Crippen molar-refractivity contribution in [3.63, 3.8) is 0 Å². The zero-order chi connectivity index (χ0) is 9.56. The molecule has 0 aliphatic rings. The normalized spacial score (nSPS) is 13.3. The van der Waals surface area contributed by atoms with Gasteiger partial charge < -0.3 is 9.84 Å². The molecule has 1 unspecified atom stereocenters. The van der Waals surface area contributed by atoms with Crippen LogP contribution in [0.4, 0.5) is 0 Å². The second-order valence-electron chi connectivity index (χ2n) is 3.15. The van der Waals surface area contributed by atoms with Crippen molar-refractivity contribution in [2.45, 2.75) is 6.92 Å². The topological polar surface area (TPSA) is 49.8 Å². The van der Waals surface area contributed by atoms with Gasteiger partial charge >= 0.3 is 5.97 Å². The van der Waals surface area contributed by atoms with Crippen LogP contribution in [-0.4, -0.2) is 49.8 Å². The van der Waals surface area contributed by atoms with Crippen molar-refractivity contribution in [2.75, 3.05) is 33.9 Å². The molecule has 1 atom stereocenters. The Hall–Kier alpha value is -0.610. The second-order valence-corrected chi connectivity index (χ2v) is 3.15. The summed E-state index contributed by atoms with van der Waals surface area (Å²) < 4.78 is 4.94. The summed E-state index contributed by atoms with van der Waals surface area (Å²) in [5.41, 5.74) is 0. The molecular formula is C8H17NO3. The molecule has 0 saturated carbocycles. The van der Waals surface area contributed by atoms with Gasteiger partial charge in [0.05, 0.1) is 6.54 Å². The molecule has 0 aliphatic heterocycles. The summed E-state index contributed by atoms with van der Waals surface area (Å²) in [6.45, 7) is 3.54. The van der Waals surface area contributed by atoms with Crippen LogP contribution in [0, 0.1) is 5.92 Å². The van der Waals surface area contributed by atoms with E-state index >= 15 is 0 Å². The van der Waals surface area contributed by atoms with Crippen molar-refractivity contribution in [1.82, 2.24) is 4.90 Å². The Morgan fingerprint density at radius 3 is 2.67 bits per heavy atom. The molecule has 0 heterocycles. The smallest absolute Gasteiger partial charge is 0.317 e. The quantitative estimate of drug-likeness (QED) is 0.630. The van der Waals surface area contributed by atoms with E-state index in [-0.39, 0.29) is 6.54 Å². The number of carboxylic acid groups (broad SMARTS) is 1. The van der Waals surface area contributed by atoms with Gasteiger partial charge in [-0.1, -0.05) is 6.92 Å². The summed E-state index contributed by atoms with van der Waals surface area (Å²) in [7, 11) is 3.44. The number of hydrogen-bond acceptors (Lipinski definition) is 3.